The molecule has 1 aromatic heterocycles. The van der Waals surface area contributed by atoms with Crippen molar-refractivity contribution in [3.63, 3.8) is 0 Å². The monoisotopic (exact) mass is 362 g/mol. The van der Waals surface area contributed by atoms with Gasteiger partial charge in [0.1, 0.15) is 5.75 Å². The fraction of sp³-hybridized carbons (Fsp3) is 0.0625. The van der Waals surface area contributed by atoms with Gasteiger partial charge in [0, 0.05) is 12.6 Å². The number of benzene rings is 2. The molecule has 2 aromatic carbocycles. The summed E-state index contributed by atoms with van der Waals surface area (Å²) in [7, 11) is 0. The molecule has 3 rings (SSSR count). The number of hydrogen-bond acceptors (Lipinski definition) is 3. The molecule has 5 heteroatoms. The number of aromatic nitrogens is 1. The van der Waals surface area contributed by atoms with Gasteiger partial charge in [-0.05, 0) is 38.8 Å². The number of hydrogen-bond donors (Lipinski definition) is 1. The van der Waals surface area contributed by atoms with E-state index in [0.29, 0.717) is 22.3 Å². The molecule has 0 aliphatic heterocycles. The van der Waals surface area contributed by atoms with Crippen molar-refractivity contribution in [2.75, 3.05) is 0 Å². The van der Waals surface area contributed by atoms with Crippen LogP contribution in [0.4, 0.5) is 0 Å². The molecule has 2 N–H and O–H groups in total. The number of ether oxygens (including phenoxy) is 1. The van der Waals surface area contributed by atoms with Crippen LogP contribution >= 0.6 is 27.5 Å². The van der Waals surface area contributed by atoms with Gasteiger partial charge in [0.2, 0.25) is 5.88 Å². The van der Waals surface area contributed by atoms with Crippen molar-refractivity contribution < 1.29 is 4.74 Å². The maximum absolute atomic E-state index is 6.00. The van der Waals surface area contributed by atoms with Gasteiger partial charge in [-0.15, -0.1) is 0 Å². The largest absolute Gasteiger partial charge is 0.438 e. The van der Waals surface area contributed by atoms with Crippen molar-refractivity contribution in [1.29, 1.82) is 0 Å². The van der Waals surface area contributed by atoms with Crippen molar-refractivity contribution >= 4 is 38.3 Å². The van der Waals surface area contributed by atoms with E-state index in [1.165, 1.54) is 0 Å². The smallest absolute Gasteiger partial charge is 0.219 e. The molecule has 0 aliphatic rings. The first-order valence-corrected chi connectivity index (χ1v) is 7.56. The number of pyridine rings is 1. The molecule has 21 heavy (non-hydrogen) atoms. The van der Waals surface area contributed by atoms with Crippen molar-refractivity contribution in [3.8, 4) is 11.6 Å². The zero-order chi connectivity index (χ0) is 14.8. The number of fused-ring (bicyclic) bond motifs is 1. The standard InChI is InChI=1S/C16H12BrClN2O/c17-16-11-4-2-1-3-10(11)5-7-14(16)21-15-8-6-12(18)13(9-19)20-15/h1-8H,9,19H2. The second kappa shape index (κ2) is 6.02. The van der Waals surface area contributed by atoms with Crippen molar-refractivity contribution in [1.82, 2.24) is 4.98 Å². The van der Waals surface area contributed by atoms with Gasteiger partial charge in [-0.3, -0.25) is 0 Å². The predicted octanol–water partition coefficient (Wildman–Crippen LogP) is 4.90. The number of nitrogens with zero attached hydrogens (tertiary/aromatic N) is 1. The van der Waals surface area contributed by atoms with E-state index in [1.807, 2.05) is 30.3 Å². The first-order chi connectivity index (χ1) is 10.2. The Morgan fingerprint density at radius 2 is 1.90 bits per heavy atom. The molecule has 0 saturated heterocycles. The third-order valence-electron chi connectivity index (χ3n) is 3.13. The van der Waals surface area contributed by atoms with Crippen molar-refractivity contribution in [3.05, 3.63) is 63.7 Å². The topological polar surface area (TPSA) is 48.1 Å². The lowest BCUT2D eigenvalue weighted by molar-refractivity contribution is 0.459. The zero-order valence-electron chi connectivity index (χ0n) is 11.0. The normalized spacial score (nSPS) is 10.8. The highest BCUT2D eigenvalue weighted by Crippen LogP contribution is 2.35. The van der Waals surface area contributed by atoms with Gasteiger partial charge >= 0.3 is 0 Å². The fourth-order valence-electron chi connectivity index (χ4n) is 2.07. The summed E-state index contributed by atoms with van der Waals surface area (Å²) in [4.78, 5) is 4.31. The summed E-state index contributed by atoms with van der Waals surface area (Å²) in [6.07, 6.45) is 0. The Hall–Kier alpha value is -1.62. The first kappa shape index (κ1) is 14.3. The van der Waals surface area contributed by atoms with Crippen LogP contribution in [0, 0.1) is 0 Å². The quantitative estimate of drug-likeness (QED) is 0.720. The van der Waals surface area contributed by atoms with E-state index in [0.717, 1.165) is 15.2 Å². The summed E-state index contributed by atoms with van der Waals surface area (Å²) in [6, 6.07) is 15.5. The van der Waals surface area contributed by atoms with Gasteiger partial charge in [-0.25, -0.2) is 4.98 Å². The van der Waals surface area contributed by atoms with Crippen LogP contribution in [0.2, 0.25) is 5.02 Å². The predicted molar refractivity (Wildman–Crippen MR) is 88.9 cm³/mol. The van der Waals surface area contributed by atoms with Gasteiger partial charge in [0.15, 0.2) is 0 Å². The van der Waals surface area contributed by atoms with Crippen LogP contribution in [0.5, 0.6) is 11.6 Å². The molecular weight excluding hydrogens is 352 g/mol. The summed E-state index contributed by atoms with van der Waals surface area (Å²) in [6.45, 7) is 0.273. The molecule has 3 nitrogen and oxygen atoms in total. The van der Waals surface area contributed by atoms with Gasteiger partial charge in [0.25, 0.3) is 0 Å². The number of halogens is 2. The summed E-state index contributed by atoms with van der Waals surface area (Å²) >= 11 is 9.59. The molecule has 0 amide bonds. The van der Waals surface area contributed by atoms with Gasteiger partial charge in [0.05, 0.1) is 15.2 Å². The summed E-state index contributed by atoms with van der Waals surface area (Å²) in [5.74, 6) is 1.17. The maximum atomic E-state index is 6.00. The Labute approximate surface area is 135 Å². The molecule has 0 saturated carbocycles. The molecule has 1 heterocycles. The molecule has 3 aromatic rings. The lowest BCUT2D eigenvalue weighted by Crippen LogP contribution is -2.01. The second-order valence-electron chi connectivity index (χ2n) is 4.48. The molecule has 0 unspecified atom stereocenters. The summed E-state index contributed by atoms with van der Waals surface area (Å²) < 4.78 is 6.74. The molecule has 0 bridgehead atoms. The highest BCUT2D eigenvalue weighted by molar-refractivity contribution is 9.10. The van der Waals surface area contributed by atoms with Crippen LogP contribution in [0.25, 0.3) is 10.8 Å². The maximum Gasteiger partial charge on any atom is 0.219 e. The Balaban J connectivity index is 2.00. The average molecular weight is 364 g/mol. The van der Waals surface area contributed by atoms with Crippen LogP contribution in [-0.4, -0.2) is 4.98 Å². The third-order valence-corrected chi connectivity index (χ3v) is 4.29. The van der Waals surface area contributed by atoms with Crippen molar-refractivity contribution in [2.24, 2.45) is 5.73 Å². The minimum atomic E-state index is 0.273. The van der Waals surface area contributed by atoms with Gasteiger partial charge < -0.3 is 10.5 Å². The van der Waals surface area contributed by atoms with E-state index >= 15 is 0 Å². The minimum Gasteiger partial charge on any atom is -0.438 e. The van der Waals surface area contributed by atoms with Crippen molar-refractivity contribution in [2.45, 2.75) is 6.54 Å². The number of nitrogens with two attached hydrogens (primary N) is 1. The van der Waals surface area contributed by atoms with Crippen LogP contribution in [0.15, 0.2) is 53.0 Å². The lowest BCUT2D eigenvalue weighted by atomic mass is 10.1. The lowest BCUT2D eigenvalue weighted by Gasteiger charge is -2.10. The van der Waals surface area contributed by atoms with Gasteiger partial charge in [-0.2, -0.15) is 0 Å². The molecule has 0 spiro atoms. The summed E-state index contributed by atoms with van der Waals surface area (Å²) in [5, 5.41) is 2.77. The van der Waals surface area contributed by atoms with Crippen LogP contribution < -0.4 is 10.5 Å². The van der Waals surface area contributed by atoms with E-state index in [9.17, 15) is 0 Å². The average Bonchev–Trinajstić information content (AvgIpc) is 2.52. The van der Waals surface area contributed by atoms with E-state index in [-0.39, 0.29) is 6.54 Å². The van der Waals surface area contributed by atoms with Crippen LogP contribution in [0.1, 0.15) is 5.69 Å². The van der Waals surface area contributed by atoms with E-state index in [1.54, 1.807) is 12.1 Å². The molecular formula is C16H12BrClN2O. The Morgan fingerprint density at radius 3 is 2.71 bits per heavy atom. The fourth-order valence-corrected chi connectivity index (χ4v) is 2.83. The van der Waals surface area contributed by atoms with E-state index < -0.39 is 0 Å². The number of rotatable bonds is 3. The third kappa shape index (κ3) is 2.88. The van der Waals surface area contributed by atoms with E-state index in [4.69, 9.17) is 22.1 Å². The van der Waals surface area contributed by atoms with E-state index in [2.05, 4.69) is 27.0 Å². The Kier molecular flexibility index (Phi) is 4.10. The Morgan fingerprint density at radius 1 is 1.10 bits per heavy atom. The SMILES string of the molecule is NCc1nc(Oc2ccc3ccccc3c2Br)ccc1Cl. The highest BCUT2D eigenvalue weighted by atomic mass is 79.9. The van der Waals surface area contributed by atoms with Crippen LogP contribution in [0.3, 0.4) is 0 Å². The first-order valence-electron chi connectivity index (χ1n) is 6.39. The van der Waals surface area contributed by atoms with Gasteiger partial charge in [-0.1, -0.05) is 41.9 Å². The molecule has 106 valence electrons. The molecule has 0 fully saturated rings. The minimum absolute atomic E-state index is 0.273. The highest BCUT2D eigenvalue weighted by Gasteiger charge is 2.09. The second-order valence-corrected chi connectivity index (χ2v) is 5.68. The zero-order valence-corrected chi connectivity index (χ0v) is 13.4. The summed E-state index contributed by atoms with van der Waals surface area (Å²) in [5.41, 5.74) is 6.22. The molecule has 0 radical (unpaired) electrons. The van der Waals surface area contributed by atoms with Crippen LogP contribution in [-0.2, 0) is 6.54 Å². The molecule has 0 aliphatic carbocycles. The Bertz CT molecular complexity index is 807. The molecule has 0 atom stereocenters.